The number of ether oxygens (including phenoxy) is 1. The molecule has 1 aromatic carbocycles. The Labute approximate surface area is 95.9 Å². The van der Waals surface area contributed by atoms with Gasteiger partial charge in [-0.05, 0) is 38.3 Å². The Morgan fingerprint density at radius 3 is 2.75 bits per heavy atom. The number of benzene rings is 1. The van der Waals surface area contributed by atoms with Crippen molar-refractivity contribution in [3.05, 3.63) is 46.7 Å². The van der Waals surface area contributed by atoms with E-state index in [1.54, 1.807) is 0 Å². The average molecular weight is 216 g/mol. The fourth-order valence-corrected chi connectivity index (χ4v) is 1.92. The average Bonchev–Trinajstić information content (AvgIpc) is 2.29. The molecule has 0 fully saturated rings. The first-order valence-corrected chi connectivity index (χ1v) is 5.63. The number of ketones is 1. The fraction of sp³-hybridized carbons (Fsp3) is 0.357. The Balaban J connectivity index is 2.30. The summed E-state index contributed by atoms with van der Waals surface area (Å²) in [7, 11) is 0. The largest absolute Gasteiger partial charge is 0.490 e. The summed E-state index contributed by atoms with van der Waals surface area (Å²) < 4.78 is 5.39. The van der Waals surface area contributed by atoms with Crippen LogP contribution >= 0.6 is 0 Å². The minimum absolute atomic E-state index is 0.0113. The highest BCUT2D eigenvalue weighted by Crippen LogP contribution is 2.19. The van der Waals surface area contributed by atoms with E-state index in [1.165, 1.54) is 5.56 Å². The summed E-state index contributed by atoms with van der Waals surface area (Å²) in [5, 5.41) is 0. The molecule has 0 saturated carbocycles. The van der Waals surface area contributed by atoms with Crippen LogP contribution in [0.15, 0.2) is 30.0 Å². The number of rotatable bonds is 2. The number of carbonyl (C=O) groups is 1. The fourth-order valence-electron chi connectivity index (χ4n) is 1.92. The van der Waals surface area contributed by atoms with Gasteiger partial charge in [-0.2, -0.15) is 0 Å². The van der Waals surface area contributed by atoms with E-state index in [-0.39, 0.29) is 5.78 Å². The molecule has 0 bridgehead atoms. The van der Waals surface area contributed by atoms with E-state index in [0.717, 1.165) is 24.0 Å². The molecule has 2 nitrogen and oxygen atoms in total. The van der Waals surface area contributed by atoms with Crippen molar-refractivity contribution in [1.82, 2.24) is 0 Å². The van der Waals surface area contributed by atoms with Gasteiger partial charge in [0.25, 0.3) is 0 Å². The Bertz CT molecular complexity index is 444. The van der Waals surface area contributed by atoms with E-state index >= 15 is 0 Å². The molecule has 0 spiro atoms. The van der Waals surface area contributed by atoms with E-state index < -0.39 is 0 Å². The summed E-state index contributed by atoms with van der Waals surface area (Å²) >= 11 is 0. The van der Waals surface area contributed by atoms with Crippen molar-refractivity contribution in [2.24, 2.45) is 0 Å². The molecule has 0 amide bonds. The van der Waals surface area contributed by atoms with E-state index in [9.17, 15) is 4.79 Å². The lowest BCUT2D eigenvalue weighted by atomic mass is 10.0. The van der Waals surface area contributed by atoms with Gasteiger partial charge in [0.2, 0.25) is 5.78 Å². The number of aryl methyl sites for hydroxylation is 2. The molecule has 0 aliphatic carbocycles. The molecule has 0 aromatic heterocycles. The summed E-state index contributed by atoms with van der Waals surface area (Å²) in [5.74, 6) is 0.524. The number of allylic oxidation sites excluding steroid dienone is 2. The number of carbonyl (C=O) groups excluding carboxylic acids is 1. The van der Waals surface area contributed by atoms with E-state index in [2.05, 4.69) is 0 Å². The van der Waals surface area contributed by atoms with Crippen molar-refractivity contribution in [2.75, 3.05) is 6.61 Å². The second kappa shape index (κ2) is 4.52. The van der Waals surface area contributed by atoms with Crippen LogP contribution < -0.4 is 0 Å². The molecular formula is C14H16O2. The van der Waals surface area contributed by atoms with Gasteiger partial charge in [0.15, 0.2) is 5.76 Å². The van der Waals surface area contributed by atoms with Gasteiger partial charge in [0, 0.05) is 5.56 Å². The SMILES string of the molecule is Cc1ccc(C(=O)C2=CCCCO2)c(C)c1. The lowest BCUT2D eigenvalue weighted by Gasteiger charge is -2.14. The van der Waals surface area contributed by atoms with Gasteiger partial charge >= 0.3 is 0 Å². The Morgan fingerprint density at radius 2 is 2.12 bits per heavy atom. The normalized spacial score (nSPS) is 15.2. The molecule has 1 heterocycles. The highest BCUT2D eigenvalue weighted by atomic mass is 16.5. The van der Waals surface area contributed by atoms with Gasteiger partial charge in [-0.15, -0.1) is 0 Å². The summed E-state index contributed by atoms with van der Waals surface area (Å²) in [5.41, 5.74) is 2.94. The lowest BCUT2D eigenvalue weighted by Crippen LogP contribution is -2.12. The maximum atomic E-state index is 12.1. The molecule has 0 atom stereocenters. The molecule has 84 valence electrons. The van der Waals surface area contributed by atoms with E-state index in [0.29, 0.717) is 12.4 Å². The van der Waals surface area contributed by atoms with Crippen LogP contribution in [0.5, 0.6) is 0 Å². The van der Waals surface area contributed by atoms with Crippen LogP contribution in [0.4, 0.5) is 0 Å². The van der Waals surface area contributed by atoms with Gasteiger partial charge in [-0.25, -0.2) is 0 Å². The van der Waals surface area contributed by atoms with Crippen LogP contribution in [0.1, 0.15) is 34.3 Å². The van der Waals surface area contributed by atoms with Crippen molar-refractivity contribution in [2.45, 2.75) is 26.7 Å². The van der Waals surface area contributed by atoms with Crippen molar-refractivity contribution in [3.63, 3.8) is 0 Å². The molecule has 16 heavy (non-hydrogen) atoms. The second-order valence-corrected chi connectivity index (χ2v) is 4.21. The Hall–Kier alpha value is -1.57. The van der Waals surface area contributed by atoms with Crippen LogP contribution in [0.3, 0.4) is 0 Å². The minimum Gasteiger partial charge on any atom is -0.490 e. The van der Waals surface area contributed by atoms with E-state index in [4.69, 9.17) is 4.74 Å². The lowest BCUT2D eigenvalue weighted by molar-refractivity contribution is 0.0898. The third kappa shape index (κ3) is 2.16. The van der Waals surface area contributed by atoms with Crippen molar-refractivity contribution in [1.29, 1.82) is 0 Å². The van der Waals surface area contributed by atoms with Crippen LogP contribution in [0.2, 0.25) is 0 Å². The second-order valence-electron chi connectivity index (χ2n) is 4.21. The van der Waals surface area contributed by atoms with Crippen LogP contribution in [-0.2, 0) is 4.74 Å². The molecule has 0 unspecified atom stereocenters. The standard InChI is InChI=1S/C14H16O2/c1-10-6-7-12(11(2)9-10)14(15)13-5-3-4-8-16-13/h5-7,9H,3-4,8H2,1-2H3. The topological polar surface area (TPSA) is 26.3 Å². The predicted molar refractivity (Wildman–Crippen MR) is 63.5 cm³/mol. The summed E-state index contributed by atoms with van der Waals surface area (Å²) in [6, 6.07) is 5.87. The highest BCUT2D eigenvalue weighted by molar-refractivity contribution is 6.08. The zero-order valence-electron chi connectivity index (χ0n) is 9.75. The number of Topliss-reactive ketones (excluding diaryl/α,β-unsaturated/α-hetero) is 1. The first-order valence-electron chi connectivity index (χ1n) is 5.63. The molecule has 0 radical (unpaired) electrons. The predicted octanol–water partition coefficient (Wildman–Crippen LogP) is 3.18. The third-order valence-corrected chi connectivity index (χ3v) is 2.79. The Kier molecular flexibility index (Phi) is 3.09. The first kappa shape index (κ1) is 10.9. The van der Waals surface area contributed by atoms with Gasteiger partial charge in [-0.3, -0.25) is 4.79 Å². The molecule has 2 heteroatoms. The van der Waals surface area contributed by atoms with Crippen molar-refractivity contribution >= 4 is 5.78 Å². The van der Waals surface area contributed by atoms with Crippen molar-refractivity contribution in [3.8, 4) is 0 Å². The third-order valence-electron chi connectivity index (χ3n) is 2.79. The van der Waals surface area contributed by atoms with Gasteiger partial charge in [0.05, 0.1) is 6.61 Å². The first-order chi connectivity index (χ1) is 7.68. The molecular weight excluding hydrogens is 200 g/mol. The zero-order chi connectivity index (χ0) is 11.5. The molecule has 1 aromatic rings. The minimum atomic E-state index is 0.0113. The van der Waals surface area contributed by atoms with Crippen LogP contribution in [0, 0.1) is 13.8 Å². The molecule has 1 aliphatic rings. The molecule has 0 N–H and O–H groups in total. The van der Waals surface area contributed by atoms with Crippen LogP contribution in [0.25, 0.3) is 0 Å². The maximum absolute atomic E-state index is 12.1. The highest BCUT2D eigenvalue weighted by Gasteiger charge is 2.17. The maximum Gasteiger partial charge on any atom is 0.227 e. The van der Waals surface area contributed by atoms with Crippen LogP contribution in [-0.4, -0.2) is 12.4 Å². The van der Waals surface area contributed by atoms with Crippen molar-refractivity contribution < 1.29 is 9.53 Å². The number of hydrogen-bond donors (Lipinski definition) is 0. The summed E-state index contributed by atoms with van der Waals surface area (Å²) in [6.45, 7) is 4.64. The summed E-state index contributed by atoms with van der Waals surface area (Å²) in [6.07, 6.45) is 3.83. The molecule has 0 saturated heterocycles. The van der Waals surface area contributed by atoms with Gasteiger partial charge in [-0.1, -0.05) is 23.8 Å². The van der Waals surface area contributed by atoms with E-state index in [1.807, 2.05) is 38.1 Å². The monoisotopic (exact) mass is 216 g/mol. The smallest absolute Gasteiger partial charge is 0.227 e. The number of hydrogen-bond acceptors (Lipinski definition) is 2. The van der Waals surface area contributed by atoms with Gasteiger partial charge in [0.1, 0.15) is 0 Å². The zero-order valence-corrected chi connectivity index (χ0v) is 9.75. The quantitative estimate of drug-likeness (QED) is 0.710. The summed E-state index contributed by atoms with van der Waals surface area (Å²) in [4.78, 5) is 12.1. The molecule has 2 rings (SSSR count). The van der Waals surface area contributed by atoms with Gasteiger partial charge < -0.3 is 4.74 Å². The molecule has 1 aliphatic heterocycles. The Morgan fingerprint density at radius 1 is 1.31 bits per heavy atom.